The monoisotopic (exact) mass is 323 g/mol. The molecule has 0 atom stereocenters. The van der Waals surface area contributed by atoms with Crippen molar-refractivity contribution in [3.63, 3.8) is 0 Å². The van der Waals surface area contributed by atoms with Crippen LogP contribution in [-0.2, 0) is 17.9 Å². The minimum absolute atomic E-state index is 0.00192. The summed E-state index contributed by atoms with van der Waals surface area (Å²) in [6, 6.07) is 16.3. The minimum atomic E-state index is -0.642. The smallest absolute Gasteiger partial charge is 0.349 e. The molecular formula is C19H17NO4. The molecule has 5 heteroatoms. The molecule has 0 saturated heterocycles. The lowest BCUT2D eigenvalue weighted by Gasteiger charge is -2.10. The number of nitrogens with one attached hydrogen (secondary N) is 1. The van der Waals surface area contributed by atoms with Gasteiger partial charge >= 0.3 is 5.63 Å². The summed E-state index contributed by atoms with van der Waals surface area (Å²) in [4.78, 5) is 24.4. The average molecular weight is 323 g/mol. The van der Waals surface area contributed by atoms with Crippen LogP contribution in [0, 0.1) is 0 Å². The highest BCUT2D eigenvalue weighted by Crippen LogP contribution is 2.13. The van der Waals surface area contributed by atoms with Gasteiger partial charge in [-0.15, -0.1) is 0 Å². The standard InChI is InChI=1S/C19H17NO4/c1-23-12-15-8-3-2-7-14(15)11-20-18(21)16-10-13-6-4-5-9-17(13)24-19(16)22/h2-10H,11-12H2,1H3,(H,20,21). The molecule has 2 aromatic carbocycles. The molecule has 0 aliphatic heterocycles. The van der Waals surface area contributed by atoms with Gasteiger partial charge in [-0.3, -0.25) is 4.79 Å². The first-order valence-electron chi connectivity index (χ1n) is 7.56. The lowest BCUT2D eigenvalue weighted by atomic mass is 10.1. The van der Waals surface area contributed by atoms with Gasteiger partial charge in [0.25, 0.3) is 5.91 Å². The van der Waals surface area contributed by atoms with Gasteiger partial charge in [-0.1, -0.05) is 42.5 Å². The van der Waals surface area contributed by atoms with Crippen molar-refractivity contribution in [2.24, 2.45) is 0 Å². The van der Waals surface area contributed by atoms with E-state index in [0.717, 1.165) is 11.1 Å². The molecule has 1 N–H and O–H groups in total. The summed E-state index contributed by atoms with van der Waals surface area (Å²) in [5.41, 5.74) is 1.75. The van der Waals surface area contributed by atoms with Crippen molar-refractivity contribution in [3.8, 4) is 0 Å². The predicted octanol–water partition coefficient (Wildman–Crippen LogP) is 2.87. The van der Waals surface area contributed by atoms with Crippen molar-refractivity contribution in [1.82, 2.24) is 5.32 Å². The predicted molar refractivity (Wildman–Crippen MR) is 90.8 cm³/mol. The van der Waals surface area contributed by atoms with Gasteiger partial charge in [0, 0.05) is 19.0 Å². The van der Waals surface area contributed by atoms with E-state index in [1.165, 1.54) is 0 Å². The number of carbonyl (C=O) groups excluding carboxylic acids is 1. The molecule has 0 radical (unpaired) electrons. The fourth-order valence-electron chi connectivity index (χ4n) is 2.52. The number of amides is 1. The highest BCUT2D eigenvalue weighted by atomic mass is 16.5. The maximum absolute atomic E-state index is 12.3. The minimum Gasteiger partial charge on any atom is -0.422 e. The normalized spacial score (nSPS) is 10.7. The van der Waals surface area contributed by atoms with Gasteiger partial charge in [0.05, 0.1) is 6.61 Å². The van der Waals surface area contributed by atoms with E-state index < -0.39 is 11.5 Å². The number of carbonyl (C=O) groups is 1. The van der Waals surface area contributed by atoms with E-state index >= 15 is 0 Å². The van der Waals surface area contributed by atoms with Crippen LogP contribution < -0.4 is 10.9 Å². The van der Waals surface area contributed by atoms with Gasteiger partial charge in [-0.25, -0.2) is 4.79 Å². The summed E-state index contributed by atoms with van der Waals surface area (Å²) >= 11 is 0. The summed E-state index contributed by atoms with van der Waals surface area (Å²) in [5.74, 6) is -0.457. The number of ether oxygens (including phenoxy) is 1. The van der Waals surface area contributed by atoms with E-state index in [2.05, 4.69) is 5.32 Å². The summed E-state index contributed by atoms with van der Waals surface area (Å²) in [6.45, 7) is 0.773. The second-order valence-corrected chi connectivity index (χ2v) is 5.37. The average Bonchev–Trinajstić information content (AvgIpc) is 2.60. The molecule has 0 spiro atoms. The van der Waals surface area contributed by atoms with Gasteiger partial charge in [-0.05, 0) is 23.3 Å². The number of fused-ring (bicyclic) bond motifs is 1. The molecule has 122 valence electrons. The summed E-state index contributed by atoms with van der Waals surface area (Å²) in [6.07, 6.45) is 0. The zero-order valence-electron chi connectivity index (χ0n) is 13.2. The van der Waals surface area contributed by atoms with Crippen molar-refractivity contribution in [3.05, 3.63) is 81.7 Å². The Kier molecular flexibility index (Phi) is 4.72. The maximum Gasteiger partial charge on any atom is 0.349 e. The highest BCUT2D eigenvalue weighted by molar-refractivity contribution is 5.96. The molecule has 0 aliphatic carbocycles. The zero-order chi connectivity index (χ0) is 16.9. The van der Waals surface area contributed by atoms with Crippen molar-refractivity contribution in [1.29, 1.82) is 0 Å². The van der Waals surface area contributed by atoms with Crippen LogP contribution in [0.1, 0.15) is 21.5 Å². The van der Waals surface area contributed by atoms with E-state index in [1.54, 1.807) is 31.4 Å². The van der Waals surface area contributed by atoms with E-state index in [0.29, 0.717) is 24.1 Å². The fourth-order valence-corrected chi connectivity index (χ4v) is 2.52. The van der Waals surface area contributed by atoms with Crippen molar-refractivity contribution in [2.75, 3.05) is 7.11 Å². The molecule has 1 amide bonds. The Labute approximate surface area is 138 Å². The van der Waals surface area contributed by atoms with Crippen molar-refractivity contribution < 1.29 is 13.9 Å². The molecule has 24 heavy (non-hydrogen) atoms. The molecule has 1 heterocycles. The van der Waals surface area contributed by atoms with E-state index in [4.69, 9.17) is 9.15 Å². The molecule has 0 saturated carbocycles. The molecule has 1 aromatic heterocycles. The SMILES string of the molecule is COCc1ccccc1CNC(=O)c1cc2ccccc2oc1=O. The van der Waals surface area contributed by atoms with Crippen LogP contribution in [0.2, 0.25) is 0 Å². The Hall–Kier alpha value is -2.92. The van der Waals surface area contributed by atoms with Crippen LogP contribution >= 0.6 is 0 Å². The first kappa shape index (κ1) is 16.0. The van der Waals surface area contributed by atoms with Crippen molar-refractivity contribution >= 4 is 16.9 Å². The lowest BCUT2D eigenvalue weighted by Crippen LogP contribution is -2.28. The van der Waals surface area contributed by atoms with E-state index in [-0.39, 0.29) is 5.56 Å². The third-order valence-corrected chi connectivity index (χ3v) is 3.74. The first-order valence-corrected chi connectivity index (χ1v) is 7.56. The Morgan fingerprint density at radius 1 is 1.08 bits per heavy atom. The van der Waals surface area contributed by atoms with Crippen LogP contribution in [0.3, 0.4) is 0 Å². The first-order chi connectivity index (χ1) is 11.7. The Bertz CT molecular complexity index is 930. The lowest BCUT2D eigenvalue weighted by molar-refractivity contribution is 0.0947. The second kappa shape index (κ2) is 7.10. The van der Waals surface area contributed by atoms with E-state index in [1.807, 2.05) is 30.3 Å². The summed E-state index contributed by atoms with van der Waals surface area (Å²) in [7, 11) is 1.62. The second-order valence-electron chi connectivity index (χ2n) is 5.37. The molecule has 0 bridgehead atoms. The molecular weight excluding hydrogens is 306 g/mol. The fraction of sp³-hybridized carbons (Fsp3) is 0.158. The number of rotatable bonds is 5. The number of methoxy groups -OCH3 is 1. The van der Waals surface area contributed by atoms with Gasteiger partial charge < -0.3 is 14.5 Å². The Morgan fingerprint density at radius 2 is 1.79 bits per heavy atom. The van der Waals surface area contributed by atoms with Crippen LogP contribution in [0.25, 0.3) is 11.0 Å². The van der Waals surface area contributed by atoms with Gasteiger partial charge in [0.1, 0.15) is 11.1 Å². The topological polar surface area (TPSA) is 68.5 Å². The molecule has 3 aromatic rings. The zero-order valence-corrected chi connectivity index (χ0v) is 13.2. The Balaban J connectivity index is 1.81. The maximum atomic E-state index is 12.3. The largest absolute Gasteiger partial charge is 0.422 e. The number of para-hydroxylation sites is 1. The number of hydrogen-bond acceptors (Lipinski definition) is 4. The third kappa shape index (κ3) is 3.36. The highest BCUT2D eigenvalue weighted by Gasteiger charge is 2.14. The Morgan fingerprint density at radius 3 is 2.58 bits per heavy atom. The molecule has 3 rings (SSSR count). The van der Waals surface area contributed by atoms with Crippen LogP contribution in [-0.4, -0.2) is 13.0 Å². The molecule has 0 fully saturated rings. The van der Waals surface area contributed by atoms with Gasteiger partial charge in [0.2, 0.25) is 0 Å². The number of hydrogen-bond donors (Lipinski definition) is 1. The van der Waals surface area contributed by atoms with Crippen LogP contribution in [0.15, 0.2) is 63.8 Å². The molecule has 0 aliphatic rings. The summed E-state index contributed by atoms with van der Waals surface area (Å²) < 4.78 is 10.3. The van der Waals surface area contributed by atoms with Crippen LogP contribution in [0.4, 0.5) is 0 Å². The summed E-state index contributed by atoms with van der Waals surface area (Å²) in [5, 5.41) is 3.48. The van der Waals surface area contributed by atoms with Gasteiger partial charge in [-0.2, -0.15) is 0 Å². The van der Waals surface area contributed by atoms with Gasteiger partial charge in [0.15, 0.2) is 0 Å². The molecule has 5 nitrogen and oxygen atoms in total. The third-order valence-electron chi connectivity index (χ3n) is 3.74. The molecule has 0 unspecified atom stereocenters. The van der Waals surface area contributed by atoms with Crippen LogP contribution in [0.5, 0.6) is 0 Å². The van der Waals surface area contributed by atoms with E-state index in [9.17, 15) is 9.59 Å². The quantitative estimate of drug-likeness (QED) is 0.733. The van der Waals surface area contributed by atoms with Crippen molar-refractivity contribution in [2.45, 2.75) is 13.2 Å². The number of benzene rings is 2.